The molecule has 3 rings (SSSR count). The van der Waals surface area contributed by atoms with Gasteiger partial charge in [0.1, 0.15) is 0 Å². The molecule has 0 aromatic heterocycles. The molecule has 2 heterocycles. The molecule has 23 heavy (non-hydrogen) atoms. The van der Waals surface area contributed by atoms with E-state index in [1.165, 1.54) is 12.8 Å². The Morgan fingerprint density at radius 3 is 2.48 bits per heavy atom. The van der Waals surface area contributed by atoms with Crippen molar-refractivity contribution in [3.8, 4) is 0 Å². The lowest BCUT2D eigenvalue weighted by molar-refractivity contribution is -0.131. The molecule has 128 valence electrons. The normalized spacial score (nSPS) is 25.8. The van der Waals surface area contributed by atoms with E-state index in [2.05, 4.69) is 5.32 Å². The first-order chi connectivity index (χ1) is 10.5. The Balaban J connectivity index is 0.00000192. The van der Waals surface area contributed by atoms with Crippen LogP contribution in [0.15, 0.2) is 18.2 Å². The molecule has 1 amide bonds. The summed E-state index contributed by atoms with van der Waals surface area (Å²) in [6.07, 6.45) is 5.49. The fourth-order valence-corrected chi connectivity index (χ4v) is 4.07. The highest BCUT2D eigenvalue weighted by atomic mass is 35.5. The summed E-state index contributed by atoms with van der Waals surface area (Å²) in [4.78, 5) is 14.2. The number of fused-ring (bicyclic) bond motifs is 2. The summed E-state index contributed by atoms with van der Waals surface area (Å²) < 4.78 is 0. The van der Waals surface area contributed by atoms with E-state index in [4.69, 9.17) is 23.2 Å². The first kappa shape index (κ1) is 18.9. The number of amides is 1. The summed E-state index contributed by atoms with van der Waals surface area (Å²) in [6, 6.07) is 6.80. The molecule has 2 bridgehead atoms. The predicted molar refractivity (Wildman–Crippen MR) is 97.5 cm³/mol. The van der Waals surface area contributed by atoms with Crippen LogP contribution in [0.2, 0.25) is 10.0 Å². The zero-order chi connectivity index (χ0) is 15.7. The largest absolute Gasteiger partial charge is 0.341 e. The zero-order valence-electron chi connectivity index (χ0n) is 13.2. The van der Waals surface area contributed by atoms with Gasteiger partial charge in [-0.05, 0) is 49.3 Å². The number of hydrogen-bond donors (Lipinski definition) is 1. The molecule has 3 nitrogen and oxygen atoms in total. The van der Waals surface area contributed by atoms with Crippen molar-refractivity contribution in [1.29, 1.82) is 0 Å². The molecule has 2 fully saturated rings. The molecular weight excluding hydrogens is 355 g/mol. The summed E-state index contributed by atoms with van der Waals surface area (Å²) in [6.45, 7) is 0.577. The summed E-state index contributed by atoms with van der Waals surface area (Å²) in [7, 11) is 1.86. The van der Waals surface area contributed by atoms with Gasteiger partial charge in [-0.25, -0.2) is 0 Å². The number of nitrogens with zero attached hydrogens (tertiary/aromatic N) is 1. The molecule has 2 unspecified atom stereocenters. The number of nitrogens with one attached hydrogen (secondary N) is 1. The van der Waals surface area contributed by atoms with Gasteiger partial charge in [-0.1, -0.05) is 29.3 Å². The van der Waals surface area contributed by atoms with E-state index in [1.807, 2.05) is 19.2 Å². The van der Waals surface area contributed by atoms with Crippen molar-refractivity contribution in [3.63, 3.8) is 0 Å². The number of carbonyl (C=O) groups is 1. The number of rotatable bonds is 4. The van der Waals surface area contributed by atoms with Gasteiger partial charge in [0.15, 0.2) is 0 Å². The molecule has 0 spiro atoms. The highest BCUT2D eigenvalue weighted by Gasteiger charge is 2.34. The molecule has 0 radical (unpaired) electrons. The van der Waals surface area contributed by atoms with Gasteiger partial charge in [-0.2, -0.15) is 0 Å². The maximum Gasteiger partial charge on any atom is 0.222 e. The Morgan fingerprint density at radius 1 is 1.22 bits per heavy atom. The van der Waals surface area contributed by atoms with E-state index >= 15 is 0 Å². The van der Waals surface area contributed by atoms with Crippen molar-refractivity contribution in [2.75, 3.05) is 7.05 Å². The maximum atomic E-state index is 12.4. The summed E-state index contributed by atoms with van der Waals surface area (Å²) >= 11 is 12.0. The highest BCUT2D eigenvalue weighted by Crippen LogP contribution is 2.33. The second kappa shape index (κ2) is 8.06. The first-order valence-electron chi connectivity index (χ1n) is 7.95. The standard InChI is InChI=1S/C17H22Cl2N2O.ClH/c1-21(10-11-2-5-15(18)16(19)8-11)17(22)9-12-6-13-3-4-14(7-12)20-13;/h2,5,8,12-14,20H,3-4,6-7,9-10H2,1H3;1H. The molecule has 2 aliphatic heterocycles. The number of piperidine rings is 1. The van der Waals surface area contributed by atoms with E-state index in [1.54, 1.807) is 11.0 Å². The molecule has 0 saturated carbocycles. The van der Waals surface area contributed by atoms with Crippen molar-refractivity contribution in [2.45, 2.75) is 50.7 Å². The lowest BCUT2D eigenvalue weighted by atomic mass is 9.89. The second-order valence-electron chi connectivity index (χ2n) is 6.68. The fourth-order valence-electron chi connectivity index (χ4n) is 3.74. The van der Waals surface area contributed by atoms with Crippen LogP contribution >= 0.6 is 35.6 Å². The van der Waals surface area contributed by atoms with Gasteiger partial charge < -0.3 is 10.2 Å². The molecule has 2 saturated heterocycles. The number of halogens is 3. The molecule has 1 N–H and O–H groups in total. The maximum absolute atomic E-state index is 12.4. The Bertz CT molecular complexity index is 555. The average molecular weight is 378 g/mol. The third-order valence-corrected chi connectivity index (χ3v) is 5.60. The molecule has 2 atom stereocenters. The van der Waals surface area contributed by atoms with Gasteiger partial charge in [0.2, 0.25) is 5.91 Å². The average Bonchev–Trinajstić information content (AvgIpc) is 2.82. The van der Waals surface area contributed by atoms with E-state index in [0.29, 0.717) is 41.0 Å². The van der Waals surface area contributed by atoms with Crippen LogP contribution in [0.4, 0.5) is 0 Å². The summed E-state index contributed by atoms with van der Waals surface area (Å²) in [5, 5.41) is 4.70. The second-order valence-corrected chi connectivity index (χ2v) is 7.49. The van der Waals surface area contributed by atoms with Crippen LogP contribution in [0.5, 0.6) is 0 Å². The van der Waals surface area contributed by atoms with Crippen LogP contribution in [0.3, 0.4) is 0 Å². The van der Waals surface area contributed by atoms with E-state index in [-0.39, 0.29) is 18.3 Å². The van der Waals surface area contributed by atoms with Gasteiger partial charge in [0, 0.05) is 32.1 Å². The quantitative estimate of drug-likeness (QED) is 0.848. The number of benzene rings is 1. The molecule has 6 heteroatoms. The molecular formula is C17H23Cl3N2O. The minimum absolute atomic E-state index is 0. The van der Waals surface area contributed by atoms with Gasteiger partial charge in [0.05, 0.1) is 10.0 Å². The SMILES string of the molecule is CN(Cc1ccc(Cl)c(Cl)c1)C(=O)CC1CC2CCC(C1)N2.Cl. The Labute approximate surface area is 154 Å². The third-order valence-electron chi connectivity index (χ3n) is 4.86. The monoisotopic (exact) mass is 376 g/mol. The highest BCUT2D eigenvalue weighted by molar-refractivity contribution is 6.42. The van der Waals surface area contributed by atoms with E-state index in [9.17, 15) is 4.79 Å². The fraction of sp³-hybridized carbons (Fsp3) is 0.588. The van der Waals surface area contributed by atoms with E-state index in [0.717, 1.165) is 18.4 Å². The van der Waals surface area contributed by atoms with Crippen molar-refractivity contribution < 1.29 is 4.79 Å². The first-order valence-corrected chi connectivity index (χ1v) is 8.71. The topological polar surface area (TPSA) is 32.3 Å². The van der Waals surface area contributed by atoms with Crippen LogP contribution in [0.1, 0.15) is 37.7 Å². The smallest absolute Gasteiger partial charge is 0.222 e. The van der Waals surface area contributed by atoms with Gasteiger partial charge in [-0.15, -0.1) is 12.4 Å². The van der Waals surface area contributed by atoms with E-state index < -0.39 is 0 Å². The summed E-state index contributed by atoms with van der Waals surface area (Å²) in [5.41, 5.74) is 1.01. The Hall–Kier alpha value is -0.480. The Kier molecular flexibility index (Phi) is 6.61. The van der Waals surface area contributed by atoms with Crippen molar-refractivity contribution >= 4 is 41.5 Å². The van der Waals surface area contributed by atoms with Crippen molar-refractivity contribution in [1.82, 2.24) is 10.2 Å². The van der Waals surface area contributed by atoms with Crippen molar-refractivity contribution in [2.24, 2.45) is 5.92 Å². The number of carbonyl (C=O) groups excluding carboxylic acids is 1. The van der Waals surface area contributed by atoms with Gasteiger partial charge in [-0.3, -0.25) is 4.79 Å². The lowest BCUT2D eigenvalue weighted by Gasteiger charge is -2.30. The van der Waals surface area contributed by atoms with Gasteiger partial charge in [0.25, 0.3) is 0 Å². The third kappa shape index (κ3) is 4.76. The minimum Gasteiger partial charge on any atom is -0.341 e. The molecule has 1 aromatic rings. The van der Waals surface area contributed by atoms with Gasteiger partial charge >= 0.3 is 0 Å². The molecule has 2 aliphatic rings. The predicted octanol–water partition coefficient (Wildman–Crippen LogP) is 4.29. The van der Waals surface area contributed by atoms with Crippen LogP contribution in [-0.4, -0.2) is 29.9 Å². The zero-order valence-corrected chi connectivity index (χ0v) is 15.6. The minimum atomic E-state index is 0. The van der Waals surface area contributed by atoms with Crippen LogP contribution < -0.4 is 5.32 Å². The van der Waals surface area contributed by atoms with Crippen LogP contribution in [0.25, 0.3) is 0 Å². The lowest BCUT2D eigenvalue weighted by Crippen LogP contribution is -2.39. The molecule has 0 aliphatic carbocycles. The summed E-state index contributed by atoms with van der Waals surface area (Å²) in [5.74, 6) is 0.750. The van der Waals surface area contributed by atoms with Crippen molar-refractivity contribution in [3.05, 3.63) is 33.8 Å². The molecule has 1 aromatic carbocycles. The van der Waals surface area contributed by atoms with Crippen LogP contribution in [-0.2, 0) is 11.3 Å². The Morgan fingerprint density at radius 2 is 1.87 bits per heavy atom. The van der Waals surface area contributed by atoms with Crippen LogP contribution in [0, 0.1) is 5.92 Å². The number of hydrogen-bond acceptors (Lipinski definition) is 2.